The molecule has 2 N–H and O–H groups in total. The van der Waals surface area contributed by atoms with Crippen molar-refractivity contribution >= 4 is 5.69 Å². The maximum atomic E-state index is 5.93. The number of rotatable bonds is 4. The van der Waals surface area contributed by atoms with Crippen molar-refractivity contribution < 1.29 is 9.47 Å². The van der Waals surface area contributed by atoms with E-state index in [0.717, 1.165) is 25.9 Å². The summed E-state index contributed by atoms with van der Waals surface area (Å²) >= 11 is 0. The van der Waals surface area contributed by atoms with Crippen LogP contribution in [0.5, 0.6) is 11.8 Å². The van der Waals surface area contributed by atoms with Gasteiger partial charge >= 0.3 is 0 Å². The molecular weight excluding hydrogens is 232 g/mol. The first kappa shape index (κ1) is 12.9. The molecule has 18 heavy (non-hydrogen) atoms. The summed E-state index contributed by atoms with van der Waals surface area (Å²) in [7, 11) is 2.11. The summed E-state index contributed by atoms with van der Waals surface area (Å²) in [5, 5.41) is 0. The maximum absolute atomic E-state index is 5.93. The van der Waals surface area contributed by atoms with Crippen LogP contribution in [0.1, 0.15) is 19.8 Å². The van der Waals surface area contributed by atoms with Crippen LogP contribution in [-0.4, -0.2) is 47.7 Å². The molecule has 6 nitrogen and oxygen atoms in total. The normalized spacial score (nSPS) is 17.7. The van der Waals surface area contributed by atoms with Gasteiger partial charge in [-0.3, -0.25) is 0 Å². The molecule has 0 atom stereocenters. The van der Waals surface area contributed by atoms with Gasteiger partial charge in [-0.2, -0.15) is 9.97 Å². The van der Waals surface area contributed by atoms with Gasteiger partial charge in [0, 0.05) is 13.1 Å². The van der Waals surface area contributed by atoms with Crippen LogP contribution in [-0.2, 0) is 0 Å². The first-order valence-electron chi connectivity index (χ1n) is 6.29. The average molecular weight is 252 g/mol. The topological polar surface area (TPSA) is 73.5 Å². The Hall–Kier alpha value is -1.56. The van der Waals surface area contributed by atoms with Crippen molar-refractivity contribution in [1.82, 2.24) is 14.9 Å². The largest absolute Gasteiger partial charge is 0.476 e. The predicted molar refractivity (Wildman–Crippen MR) is 68.8 cm³/mol. The molecule has 0 amide bonds. The highest BCUT2D eigenvalue weighted by Gasteiger charge is 2.20. The van der Waals surface area contributed by atoms with E-state index < -0.39 is 0 Å². The Morgan fingerprint density at radius 3 is 2.67 bits per heavy atom. The molecule has 1 saturated heterocycles. The summed E-state index contributed by atoms with van der Waals surface area (Å²) in [4.78, 5) is 10.4. The van der Waals surface area contributed by atoms with Gasteiger partial charge in [-0.25, -0.2) is 0 Å². The van der Waals surface area contributed by atoms with Gasteiger partial charge in [-0.05, 0) is 26.8 Å². The number of anilines is 1. The Balaban J connectivity index is 2.02. The van der Waals surface area contributed by atoms with E-state index in [-0.39, 0.29) is 6.10 Å². The van der Waals surface area contributed by atoms with Crippen molar-refractivity contribution in [2.24, 2.45) is 0 Å². The SMILES string of the molecule is CCOc1ncnc(OC2CCN(C)CC2)c1N. The summed E-state index contributed by atoms with van der Waals surface area (Å²) in [5.74, 6) is 0.832. The maximum Gasteiger partial charge on any atom is 0.244 e. The minimum atomic E-state index is 0.174. The zero-order valence-corrected chi connectivity index (χ0v) is 10.9. The molecule has 0 spiro atoms. The van der Waals surface area contributed by atoms with Crippen molar-refractivity contribution in [2.45, 2.75) is 25.9 Å². The van der Waals surface area contributed by atoms with Gasteiger partial charge in [-0.1, -0.05) is 0 Å². The fourth-order valence-corrected chi connectivity index (χ4v) is 1.97. The van der Waals surface area contributed by atoms with Gasteiger partial charge in [0.25, 0.3) is 0 Å². The molecule has 1 aliphatic heterocycles. The lowest BCUT2D eigenvalue weighted by molar-refractivity contribution is 0.110. The quantitative estimate of drug-likeness (QED) is 0.859. The number of ether oxygens (including phenoxy) is 2. The number of likely N-dealkylation sites (tertiary alicyclic amines) is 1. The molecule has 0 saturated carbocycles. The fourth-order valence-electron chi connectivity index (χ4n) is 1.97. The second-order valence-corrected chi connectivity index (χ2v) is 4.45. The third kappa shape index (κ3) is 3.01. The standard InChI is InChI=1S/C12H20N4O2/c1-3-17-11-10(13)12(15-8-14-11)18-9-4-6-16(2)7-5-9/h8-9H,3-7,13H2,1-2H3. The molecule has 1 aromatic rings. The second kappa shape index (κ2) is 5.86. The van der Waals surface area contributed by atoms with Crippen LogP contribution in [0.3, 0.4) is 0 Å². The van der Waals surface area contributed by atoms with E-state index >= 15 is 0 Å². The summed E-state index contributed by atoms with van der Waals surface area (Å²) < 4.78 is 11.2. The van der Waals surface area contributed by atoms with E-state index in [2.05, 4.69) is 21.9 Å². The highest BCUT2D eigenvalue weighted by Crippen LogP contribution is 2.28. The first-order chi connectivity index (χ1) is 8.70. The Kier molecular flexibility index (Phi) is 4.19. The molecule has 2 rings (SSSR count). The number of aromatic nitrogens is 2. The van der Waals surface area contributed by atoms with Gasteiger partial charge in [0.1, 0.15) is 12.4 Å². The van der Waals surface area contributed by atoms with E-state index in [1.165, 1.54) is 6.33 Å². The third-order valence-electron chi connectivity index (χ3n) is 3.04. The summed E-state index contributed by atoms with van der Waals surface area (Å²) in [6, 6.07) is 0. The molecule has 1 aliphatic rings. The van der Waals surface area contributed by atoms with Crippen LogP contribution in [0, 0.1) is 0 Å². The number of nitrogens with two attached hydrogens (primary N) is 1. The highest BCUT2D eigenvalue weighted by atomic mass is 16.5. The van der Waals surface area contributed by atoms with Crippen LogP contribution < -0.4 is 15.2 Å². The minimum Gasteiger partial charge on any atom is -0.476 e. The molecule has 0 aromatic carbocycles. The summed E-state index contributed by atoms with van der Waals surface area (Å²) in [5.41, 5.74) is 6.32. The van der Waals surface area contributed by atoms with Crippen LogP contribution in [0.15, 0.2) is 6.33 Å². The molecule has 1 aromatic heterocycles. The average Bonchev–Trinajstić information content (AvgIpc) is 2.37. The van der Waals surface area contributed by atoms with E-state index in [0.29, 0.717) is 24.1 Å². The van der Waals surface area contributed by atoms with Gasteiger partial charge < -0.3 is 20.1 Å². The zero-order chi connectivity index (χ0) is 13.0. The lowest BCUT2D eigenvalue weighted by atomic mass is 10.1. The lowest BCUT2D eigenvalue weighted by Gasteiger charge is -2.29. The summed E-state index contributed by atoms with van der Waals surface area (Å²) in [6.07, 6.45) is 3.58. The van der Waals surface area contributed by atoms with Gasteiger partial charge in [0.15, 0.2) is 5.69 Å². The highest BCUT2D eigenvalue weighted by molar-refractivity contribution is 5.55. The molecular formula is C12H20N4O2. The van der Waals surface area contributed by atoms with E-state index in [1.807, 2.05) is 6.92 Å². The Bertz CT molecular complexity index is 392. The molecule has 0 bridgehead atoms. The van der Waals surface area contributed by atoms with E-state index in [9.17, 15) is 0 Å². The van der Waals surface area contributed by atoms with Crippen LogP contribution >= 0.6 is 0 Å². The fraction of sp³-hybridized carbons (Fsp3) is 0.667. The number of nitrogens with zero attached hydrogens (tertiary/aromatic N) is 3. The smallest absolute Gasteiger partial charge is 0.244 e. The second-order valence-electron chi connectivity index (χ2n) is 4.45. The zero-order valence-electron chi connectivity index (χ0n) is 10.9. The lowest BCUT2D eigenvalue weighted by Crippen LogP contribution is -2.35. The first-order valence-corrected chi connectivity index (χ1v) is 6.29. The monoisotopic (exact) mass is 252 g/mol. The van der Waals surface area contributed by atoms with Crippen molar-refractivity contribution in [3.05, 3.63) is 6.33 Å². The molecule has 100 valence electrons. The summed E-state index contributed by atoms with van der Waals surface area (Å²) in [6.45, 7) is 4.48. The number of nitrogen functional groups attached to an aromatic ring is 1. The number of hydrogen-bond acceptors (Lipinski definition) is 6. The molecule has 6 heteroatoms. The van der Waals surface area contributed by atoms with E-state index in [4.69, 9.17) is 15.2 Å². The van der Waals surface area contributed by atoms with Crippen LogP contribution in [0.4, 0.5) is 5.69 Å². The third-order valence-corrected chi connectivity index (χ3v) is 3.04. The van der Waals surface area contributed by atoms with Crippen molar-refractivity contribution in [3.8, 4) is 11.8 Å². The van der Waals surface area contributed by atoms with Crippen molar-refractivity contribution in [2.75, 3.05) is 32.5 Å². The van der Waals surface area contributed by atoms with E-state index in [1.54, 1.807) is 0 Å². The number of piperidine rings is 1. The molecule has 0 unspecified atom stereocenters. The van der Waals surface area contributed by atoms with Crippen molar-refractivity contribution in [1.29, 1.82) is 0 Å². The Morgan fingerprint density at radius 1 is 1.33 bits per heavy atom. The molecule has 0 radical (unpaired) electrons. The number of hydrogen-bond donors (Lipinski definition) is 1. The predicted octanol–water partition coefficient (Wildman–Crippen LogP) is 0.931. The van der Waals surface area contributed by atoms with Gasteiger partial charge in [0.2, 0.25) is 11.8 Å². The molecule has 1 fully saturated rings. The van der Waals surface area contributed by atoms with Gasteiger partial charge in [-0.15, -0.1) is 0 Å². The molecule has 0 aliphatic carbocycles. The van der Waals surface area contributed by atoms with Crippen LogP contribution in [0.2, 0.25) is 0 Å². The van der Waals surface area contributed by atoms with Crippen molar-refractivity contribution in [3.63, 3.8) is 0 Å². The molecule has 2 heterocycles. The Morgan fingerprint density at radius 2 is 2.00 bits per heavy atom. The Labute approximate surface area is 107 Å². The van der Waals surface area contributed by atoms with Gasteiger partial charge in [0.05, 0.1) is 6.61 Å². The van der Waals surface area contributed by atoms with Crippen LogP contribution in [0.25, 0.3) is 0 Å². The minimum absolute atomic E-state index is 0.174.